The van der Waals surface area contributed by atoms with Crippen LogP contribution in [0.4, 0.5) is 0 Å². The van der Waals surface area contributed by atoms with Crippen LogP contribution in [0.25, 0.3) is 0 Å². The van der Waals surface area contributed by atoms with Crippen LogP contribution in [-0.4, -0.2) is 17.4 Å². The summed E-state index contributed by atoms with van der Waals surface area (Å²) in [6.07, 6.45) is 8.22. The zero-order chi connectivity index (χ0) is 11.1. The van der Waals surface area contributed by atoms with E-state index in [2.05, 4.69) is 5.32 Å². The van der Waals surface area contributed by atoms with E-state index in [0.717, 1.165) is 12.8 Å². The van der Waals surface area contributed by atoms with Crippen LogP contribution in [-0.2, 0) is 4.79 Å². The van der Waals surface area contributed by atoms with Crippen molar-refractivity contribution in [3.05, 3.63) is 0 Å². The lowest BCUT2D eigenvalue weighted by molar-refractivity contribution is -0.125. The van der Waals surface area contributed by atoms with Crippen LogP contribution in [0, 0.1) is 5.92 Å². The molecule has 0 spiro atoms. The third-order valence-corrected chi connectivity index (χ3v) is 3.06. The van der Waals surface area contributed by atoms with Gasteiger partial charge in [0, 0.05) is 5.92 Å². The maximum Gasteiger partial charge on any atom is 0.223 e. The van der Waals surface area contributed by atoms with Gasteiger partial charge in [-0.1, -0.05) is 44.3 Å². The van der Waals surface area contributed by atoms with E-state index < -0.39 is 0 Å². The Kier molecular flexibility index (Phi) is 5.61. The molecule has 3 N–H and O–H groups in total. The highest BCUT2D eigenvalue weighted by molar-refractivity contribution is 7.80. The Bertz CT molecular complexity index is 223. The summed E-state index contributed by atoms with van der Waals surface area (Å²) in [6, 6.07) is 0. The summed E-state index contributed by atoms with van der Waals surface area (Å²) >= 11 is 4.73. The van der Waals surface area contributed by atoms with E-state index in [0.29, 0.717) is 11.5 Å². The van der Waals surface area contributed by atoms with Crippen molar-refractivity contribution in [1.82, 2.24) is 5.32 Å². The predicted molar refractivity (Wildman–Crippen MR) is 65.6 cm³/mol. The van der Waals surface area contributed by atoms with Crippen LogP contribution >= 0.6 is 12.2 Å². The van der Waals surface area contributed by atoms with Gasteiger partial charge in [0.25, 0.3) is 0 Å². The highest BCUT2D eigenvalue weighted by Crippen LogP contribution is 2.22. The Balaban J connectivity index is 2.31. The van der Waals surface area contributed by atoms with Crippen LogP contribution in [0.3, 0.4) is 0 Å². The third-order valence-electron chi connectivity index (χ3n) is 2.91. The second kappa shape index (κ2) is 6.77. The molecule has 0 bridgehead atoms. The van der Waals surface area contributed by atoms with Gasteiger partial charge in [-0.15, -0.1) is 0 Å². The van der Waals surface area contributed by atoms with Gasteiger partial charge in [-0.2, -0.15) is 0 Å². The first-order valence-electron chi connectivity index (χ1n) is 5.76. The monoisotopic (exact) mass is 228 g/mol. The molecule has 3 nitrogen and oxygen atoms in total. The zero-order valence-corrected chi connectivity index (χ0v) is 9.94. The number of carbonyl (C=O) groups is 1. The van der Waals surface area contributed by atoms with Crippen LogP contribution < -0.4 is 11.1 Å². The van der Waals surface area contributed by atoms with E-state index in [1.165, 1.54) is 32.1 Å². The first kappa shape index (κ1) is 12.4. The van der Waals surface area contributed by atoms with Gasteiger partial charge >= 0.3 is 0 Å². The van der Waals surface area contributed by atoms with Crippen LogP contribution in [0.15, 0.2) is 0 Å². The fourth-order valence-corrected chi connectivity index (χ4v) is 2.11. The van der Waals surface area contributed by atoms with Crippen molar-refractivity contribution in [3.63, 3.8) is 0 Å². The second-order valence-corrected chi connectivity index (χ2v) is 4.75. The lowest BCUT2D eigenvalue weighted by Crippen LogP contribution is -2.36. The molecule has 0 aromatic rings. The summed E-state index contributed by atoms with van der Waals surface area (Å²) in [6.45, 7) is 0.338. The summed E-state index contributed by atoms with van der Waals surface area (Å²) in [7, 11) is 0. The van der Waals surface area contributed by atoms with Crippen molar-refractivity contribution in [2.45, 2.75) is 44.9 Å². The molecule has 0 saturated heterocycles. The van der Waals surface area contributed by atoms with E-state index in [1.807, 2.05) is 0 Å². The van der Waals surface area contributed by atoms with Gasteiger partial charge in [0.15, 0.2) is 0 Å². The summed E-state index contributed by atoms with van der Waals surface area (Å²) in [5.74, 6) is 0.310. The number of thiocarbonyl (C=S) groups is 1. The van der Waals surface area contributed by atoms with E-state index in [4.69, 9.17) is 18.0 Å². The van der Waals surface area contributed by atoms with Crippen molar-refractivity contribution >= 4 is 23.1 Å². The minimum absolute atomic E-state index is 0.129. The van der Waals surface area contributed by atoms with Crippen molar-refractivity contribution in [2.75, 3.05) is 6.54 Å². The molecule has 86 valence electrons. The van der Waals surface area contributed by atoms with Crippen LogP contribution in [0.2, 0.25) is 0 Å². The van der Waals surface area contributed by atoms with Gasteiger partial charge in [0.1, 0.15) is 0 Å². The second-order valence-electron chi connectivity index (χ2n) is 4.23. The maximum absolute atomic E-state index is 11.7. The largest absolute Gasteiger partial charge is 0.392 e. The van der Waals surface area contributed by atoms with Crippen LogP contribution in [0.1, 0.15) is 44.9 Å². The Labute approximate surface area is 96.8 Å². The molecule has 15 heavy (non-hydrogen) atoms. The lowest BCUT2D eigenvalue weighted by Gasteiger charge is -2.18. The number of amides is 1. The fraction of sp³-hybridized carbons (Fsp3) is 0.818. The maximum atomic E-state index is 11.7. The zero-order valence-electron chi connectivity index (χ0n) is 9.13. The lowest BCUT2D eigenvalue weighted by atomic mass is 9.90. The molecule has 0 aromatic carbocycles. The Morgan fingerprint density at radius 3 is 2.27 bits per heavy atom. The van der Waals surface area contributed by atoms with E-state index in [1.54, 1.807) is 0 Å². The highest BCUT2D eigenvalue weighted by atomic mass is 32.1. The topological polar surface area (TPSA) is 55.1 Å². The van der Waals surface area contributed by atoms with Gasteiger partial charge in [0.05, 0.1) is 11.5 Å². The van der Waals surface area contributed by atoms with Crippen LogP contribution in [0.5, 0.6) is 0 Å². The highest BCUT2D eigenvalue weighted by Gasteiger charge is 2.18. The standard InChI is InChI=1S/C11H20N2OS/c12-10(15)8-13-11(14)9-6-4-2-1-3-5-7-9/h9H,1-8H2,(H2,12,15)(H,13,14). The van der Waals surface area contributed by atoms with Crippen molar-refractivity contribution in [3.8, 4) is 0 Å². The molecule has 1 saturated carbocycles. The number of rotatable bonds is 3. The Morgan fingerprint density at radius 1 is 1.20 bits per heavy atom. The molecule has 0 atom stereocenters. The summed E-state index contributed by atoms with van der Waals surface area (Å²) < 4.78 is 0. The number of hydrogen-bond donors (Lipinski definition) is 2. The van der Waals surface area contributed by atoms with Crippen molar-refractivity contribution in [2.24, 2.45) is 11.7 Å². The van der Waals surface area contributed by atoms with Crippen molar-refractivity contribution in [1.29, 1.82) is 0 Å². The molecule has 0 aromatic heterocycles. The molecule has 1 fully saturated rings. The third kappa shape index (κ3) is 5.11. The average molecular weight is 228 g/mol. The van der Waals surface area contributed by atoms with E-state index in [9.17, 15) is 4.79 Å². The van der Waals surface area contributed by atoms with E-state index in [-0.39, 0.29) is 11.8 Å². The SMILES string of the molecule is NC(=S)CNC(=O)C1CCCCCCC1. The number of nitrogens with one attached hydrogen (secondary N) is 1. The molecular formula is C11H20N2OS. The molecule has 0 heterocycles. The molecule has 1 amide bonds. The molecule has 4 heteroatoms. The molecule has 1 rings (SSSR count). The summed E-state index contributed by atoms with van der Waals surface area (Å²) in [4.78, 5) is 12.1. The molecule has 1 aliphatic rings. The molecular weight excluding hydrogens is 208 g/mol. The Morgan fingerprint density at radius 2 is 1.73 bits per heavy atom. The van der Waals surface area contributed by atoms with Crippen molar-refractivity contribution < 1.29 is 4.79 Å². The van der Waals surface area contributed by atoms with Gasteiger partial charge in [0.2, 0.25) is 5.91 Å². The Hall–Kier alpha value is -0.640. The first-order chi connectivity index (χ1) is 7.20. The summed E-state index contributed by atoms with van der Waals surface area (Å²) in [5, 5.41) is 2.79. The number of carbonyl (C=O) groups excluding carboxylic acids is 1. The quantitative estimate of drug-likeness (QED) is 0.724. The van der Waals surface area contributed by atoms with Gasteiger partial charge in [-0.25, -0.2) is 0 Å². The minimum atomic E-state index is 0.129. The van der Waals surface area contributed by atoms with Gasteiger partial charge < -0.3 is 11.1 Å². The fourth-order valence-electron chi connectivity index (χ4n) is 2.04. The smallest absolute Gasteiger partial charge is 0.223 e. The molecule has 0 aliphatic heterocycles. The molecule has 0 radical (unpaired) electrons. The normalized spacial score (nSPS) is 18.9. The van der Waals surface area contributed by atoms with Gasteiger partial charge in [-0.3, -0.25) is 4.79 Å². The molecule has 1 aliphatic carbocycles. The summed E-state index contributed by atoms with van der Waals surface area (Å²) in [5.41, 5.74) is 5.34. The number of hydrogen-bond acceptors (Lipinski definition) is 2. The van der Waals surface area contributed by atoms with E-state index >= 15 is 0 Å². The molecule has 0 unspecified atom stereocenters. The van der Waals surface area contributed by atoms with Gasteiger partial charge in [-0.05, 0) is 12.8 Å². The predicted octanol–water partition coefficient (Wildman–Crippen LogP) is 1.75. The number of nitrogens with two attached hydrogens (primary N) is 1. The average Bonchev–Trinajstić information content (AvgIpc) is 2.13. The first-order valence-corrected chi connectivity index (χ1v) is 6.17. The minimum Gasteiger partial charge on any atom is -0.392 e.